The summed E-state index contributed by atoms with van der Waals surface area (Å²) in [5.41, 5.74) is 2.00. The highest BCUT2D eigenvalue weighted by Crippen LogP contribution is 2.29. The van der Waals surface area contributed by atoms with Crippen molar-refractivity contribution < 1.29 is 13.2 Å². The van der Waals surface area contributed by atoms with Crippen LogP contribution in [0.2, 0.25) is 0 Å². The number of para-hydroxylation sites is 1. The molecule has 0 amide bonds. The Kier molecular flexibility index (Phi) is 2.87. The van der Waals surface area contributed by atoms with E-state index in [-0.39, 0.29) is 6.54 Å². The molecule has 3 heterocycles. The van der Waals surface area contributed by atoms with E-state index >= 15 is 0 Å². The zero-order valence-corrected chi connectivity index (χ0v) is 11.7. The second-order valence-electron chi connectivity index (χ2n) is 5.13. The Morgan fingerprint density at radius 1 is 1.17 bits per heavy atom. The third-order valence-corrected chi connectivity index (χ3v) is 3.61. The van der Waals surface area contributed by atoms with Crippen LogP contribution in [0.1, 0.15) is 11.3 Å². The first-order chi connectivity index (χ1) is 11.0. The molecule has 0 fully saturated rings. The molecule has 4 rings (SSSR count). The second-order valence-corrected chi connectivity index (χ2v) is 5.13. The molecule has 0 radical (unpaired) electrons. The minimum absolute atomic E-state index is 0.125. The van der Waals surface area contributed by atoms with Gasteiger partial charge in [0.1, 0.15) is 0 Å². The number of H-pyrrole nitrogens is 1. The molecule has 1 N–H and O–H groups in total. The Bertz CT molecular complexity index is 999. The minimum Gasteiger partial charge on any atom is -0.343 e. The SMILES string of the molecule is FC(F)(F)c1cnn(Cc2nc3ccccc3c3nc[nH]c23)c1. The van der Waals surface area contributed by atoms with Crippen LogP contribution in [-0.4, -0.2) is 24.7 Å². The minimum atomic E-state index is -4.40. The van der Waals surface area contributed by atoms with Gasteiger partial charge in [-0.05, 0) is 6.07 Å². The lowest BCUT2D eigenvalue weighted by atomic mass is 10.1. The number of nitrogens with one attached hydrogen (secondary N) is 1. The number of fused-ring (bicyclic) bond motifs is 3. The topological polar surface area (TPSA) is 59.4 Å². The molecule has 0 bridgehead atoms. The van der Waals surface area contributed by atoms with Crippen LogP contribution >= 0.6 is 0 Å². The van der Waals surface area contributed by atoms with Gasteiger partial charge < -0.3 is 4.98 Å². The average Bonchev–Trinajstić information content (AvgIpc) is 3.16. The first-order valence-corrected chi connectivity index (χ1v) is 6.83. The summed E-state index contributed by atoms with van der Waals surface area (Å²) in [4.78, 5) is 11.8. The highest BCUT2D eigenvalue weighted by Gasteiger charge is 2.32. The van der Waals surface area contributed by atoms with Crippen LogP contribution in [0.15, 0.2) is 43.0 Å². The zero-order chi connectivity index (χ0) is 16.0. The van der Waals surface area contributed by atoms with Crippen molar-refractivity contribution in [3.8, 4) is 0 Å². The van der Waals surface area contributed by atoms with Crippen molar-refractivity contribution in [1.82, 2.24) is 24.7 Å². The molecule has 1 aromatic carbocycles. The van der Waals surface area contributed by atoms with Gasteiger partial charge in [-0.2, -0.15) is 18.3 Å². The molecule has 0 aliphatic carbocycles. The quantitative estimate of drug-likeness (QED) is 0.616. The van der Waals surface area contributed by atoms with Crippen LogP contribution < -0.4 is 0 Å². The van der Waals surface area contributed by atoms with Crippen LogP contribution in [0, 0.1) is 0 Å². The fourth-order valence-corrected chi connectivity index (χ4v) is 2.56. The third-order valence-electron chi connectivity index (χ3n) is 3.61. The number of hydrogen-bond donors (Lipinski definition) is 1. The molecule has 23 heavy (non-hydrogen) atoms. The second kappa shape index (κ2) is 4.80. The maximum absolute atomic E-state index is 12.7. The molecule has 0 saturated heterocycles. The van der Waals surface area contributed by atoms with Crippen LogP contribution in [0.4, 0.5) is 13.2 Å². The van der Waals surface area contributed by atoms with Gasteiger partial charge in [0.15, 0.2) is 0 Å². The lowest BCUT2D eigenvalue weighted by molar-refractivity contribution is -0.137. The number of imidazole rings is 1. The highest BCUT2D eigenvalue weighted by molar-refractivity contribution is 6.02. The molecule has 3 aromatic heterocycles. The smallest absolute Gasteiger partial charge is 0.343 e. The van der Waals surface area contributed by atoms with Gasteiger partial charge in [0.25, 0.3) is 0 Å². The van der Waals surface area contributed by atoms with E-state index in [1.54, 1.807) is 6.33 Å². The van der Waals surface area contributed by atoms with E-state index < -0.39 is 11.7 Å². The normalized spacial score (nSPS) is 12.3. The molecule has 5 nitrogen and oxygen atoms in total. The molecule has 0 saturated carbocycles. The van der Waals surface area contributed by atoms with Crippen molar-refractivity contribution in [3.05, 3.63) is 54.2 Å². The molecule has 8 heteroatoms. The van der Waals surface area contributed by atoms with Crippen molar-refractivity contribution in [3.63, 3.8) is 0 Å². The number of aromatic amines is 1. The Labute approximate surface area is 127 Å². The number of pyridine rings is 1. The Balaban J connectivity index is 1.81. The van der Waals surface area contributed by atoms with E-state index in [0.29, 0.717) is 11.2 Å². The fraction of sp³-hybridized carbons (Fsp3) is 0.133. The number of hydrogen-bond acceptors (Lipinski definition) is 3. The summed E-state index contributed by atoms with van der Waals surface area (Å²) in [5, 5.41) is 4.66. The standard InChI is InChI=1S/C15H10F3N5/c16-15(17,18)9-5-21-23(6-9)7-12-14-13(19-8-20-14)10-3-1-2-4-11(10)22-12/h1-6,8H,7H2,(H,19,20). The van der Waals surface area contributed by atoms with Crippen LogP contribution in [0.25, 0.3) is 21.9 Å². The summed E-state index contributed by atoms with van der Waals surface area (Å²) in [6.45, 7) is 0.125. The summed E-state index contributed by atoms with van der Waals surface area (Å²) in [6.07, 6.45) is -1.07. The summed E-state index contributed by atoms with van der Waals surface area (Å²) in [5.74, 6) is 0. The van der Waals surface area contributed by atoms with E-state index in [4.69, 9.17) is 0 Å². The third kappa shape index (κ3) is 2.32. The first-order valence-electron chi connectivity index (χ1n) is 6.83. The van der Waals surface area contributed by atoms with Crippen LogP contribution in [0.3, 0.4) is 0 Å². The molecule has 116 valence electrons. The van der Waals surface area contributed by atoms with Crippen molar-refractivity contribution in [2.24, 2.45) is 0 Å². The largest absolute Gasteiger partial charge is 0.419 e. The summed E-state index contributed by atoms with van der Waals surface area (Å²) < 4.78 is 39.2. The van der Waals surface area contributed by atoms with Crippen molar-refractivity contribution in [2.75, 3.05) is 0 Å². The lowest BCUT2D eigenvalue weighted by Gasteiger charge is -2.06. The molecular weight excluding hydrogens is 307 g/mol. The fourth-order valence-electron chi connectivity index (χ4n) is 2.56. The zero-order valence-electron chi connectivity index (χ0n) is 11.7. The van der Waals surface area contributed by atoms with Gasteiger partial charge >= 0.3 is 6.18 Å². The maximum Gasteiger partial charge on any atom is 0.419 e. The number of aromatic nitrogens is 5. The van der Waals surface area contributed by atoms with E-state index in [9.17, 15) is 13.2 Å². The molecular formula is C15H10F3N5. The lowest BCUT2D eigenvalue weighted by Crippen LogP contribution is -2.05. The number of nitrogens with zero attached hydrogens (tertiary/aromatic N) is 4. The van der Waals surface area contributed by atoms with Crippen LogP contribution in [0.5, 0.6) is 0 Å². The van der Waals surface area contributed by atoms with Crippen molar-refractivity contribution >= 4 is 21.9 Å². The summed E-state index contributed by atoms with van der Waals surface area (Å²) >= 11 is 0. The Morgan fingerprint density at radius 2 is 2.00 bits per heavy atom. The molecule has 0 atom stereocenters. The van der Waals surface area contributed by atoms with Gasteiger partial charge in [-0.3, -0.25) is 4.68 Å². The summed E-state index contributed by atoms with van der Waals surface area (Å²) in [7, 11) is 0. The highest BCUT2D eigenvalue weighted by atomic mass is 19.4. The molecule has 0 unspecified atom stereocenters. The van der Waals surface area contributed by atoms with Gasteiger partial charge in [0.2, 0.25) is 0 Å². The average molecular weight is 317 g/mol. The number of alkyl halides is 3. The van der Waals surface area contributed by atoms with E-state index in [2.05, 4.69) is 20.1 Å². The molecule has 0 aliphatic heterocycles. The molecule has 4 aromatic rings. The maximum atomic E-state index is 12.7. The predicted molar refractivity (Wildman–Crippen MR) is 77.7 cm³/mol. The van der Waals surface area contributed by atoms with E-state index in [0.717, 1.165) is 28.8 Å². The van der Waals surface area contributed by atoms with Crippen molar-refractivity contribution in [2.45, 2.75) is 12.7 Å². The Morgan fingerprint density at radius 3 is 2.78 bits per heavy atom. The molecule has 0 spiro atoms. The summed E-state index contributed by atoms with van der Waals surface area (Å²) in [6, 6.07) is 7.50. The van der Waals surface area contributed by atoms with Gasteiger partial charge in [-0.1, -0.05) is 18.2 Å². The monoisotopic (exact) mass is 317 g/mol. The van der Waals surface area contributed by atoms with E-state index in [1.165, 1.54) is 4.68 Å². The first kappa shape index (κ1) is 13.7. The van der Waals surface area contributed by atoms with Crippen LogP contribution in [-0.2, 0) is 12.7 Å². The van der Waals surface area contributed by atoms with Gasteiger partial charge in [0.05, 0.1) is 46.9 Å². The number of benzene rings is 1. The van der Waals surface area contributed by atoms with Gasteiger partial charge in [-0.25, -0.2) is 9.97 Å². The number of halogens is 3. The molecule has 0 aliphatic rings. The predicted octanol–water partition coefficient (Wildman–Crippen LogP) is 3.37. The van der Waals surface area contributed by atoms with Gasteiger partial charge in [-0.15, -0.1) is 0 Å². The van der Waals surface area contributed by atoms with Crippen molar-refractivity contribution in [1.29, 1.82) is 0 Å². The van der Waals surface area contributed by atoms with E-state index in [1.807, 2.05) is 24.3 Å². The van der Waals surface area contributed by atoms with Gasteiger partial charge in [0, 0.05) is 11.6 Å². The Hall–Kier alpha value is -2.90. The number of rotatable bonds is 2.